The van der Waals surface area contributed by atoms with Gasteiger partial charge in [0, 0.05) is 28.1 Å². The van der Waals surface area contributed by atoms with Gasteiger partial charge in [0.1, 0.15) is 0 Å². The van der Waals surface area contributed by atoms with Crippen LogP contribution in [-0.2, 0) is 0 Å². The summed E-state index contributed by atoms with van der Waals surface area (Å²) in [5.41, 5.74) is 1.41. The Kier molecular flexibility index (Phi) is 5.55. The molecule has 1 aliphatic rings. The van der Waals surface area contributed by atoms with Gasteiger partial charge in [-0.25, -0.2) is 0 Å². The summed E-state index contributed by atoms with van der Waals surface area (Å²) in [4.78, 5) is 1.40. The van der Waals surface area contributed by atoms with Gasteiger partial charge in [-0.1, -0.05) is 15.9 Å². The molecule has 2 unspecified atom stereocenters. The zero-order valence-corrected chi connectivity index (χ0v) is 13.1. The molecule has 1 aromatic rings. The summed E-state index contributed by atoms with van der Waals surface area (Å²) in [5, 5.41) is 12.6. The number of hydrogen-bond donors (Lipinski definition) is 2. The van der Waals surface area contributed by atoms with E-state index in [4.69, 9.17) is 5.11 Å². The zero-order valence-electron chi connectivity index (χ0n) is 10.7. The van der Waals surface area contributed by atoms with Crippen molar-refractivity contribution >= 4 is 27.7 Å². The van der Waals surface area contributed by atoms with Crippen LogP contribution in [0.5, 0.6) is 0 Å². The Morgan fingerprint density at radius 3 is 3.17 bits per heavy atom. The molecule has 2 nitrogen and oxygen atoms in total. The lowest BCUT2D eigenvalue weighted by Crippen LogP contribution is -2.32. The summed E-state index contributed by atoms with van der Waals surface area (Å²) in [5.74, 6) is 1.18. The summed E-state index contributed by atoms with van der Waals surface area (Å²) < 4.78 is 1.15. The van der Waals surface area contributed by atoms with Crippen molar-refractivity contribution in [1.29, 1.82) is 0 Å². The number of halogens is 1. The van der Waals surface area contributed by atoms with E-state index in [1.54, 1.807) is 0 Å². The maximum absolute atomic E-state index is 8.88. The molecule has 0 spiro atoms. The first kappa shape index (κ1) is 14.4. The molecule has 0 saturated carbocycles. The number of fused-ring (bicyclic) bond motifs is 1. The first-order valence-corrected chi connectivity index (χ1v) is 8.27. The molecule has 0 fully saturated rings. The van der Waals surface area contributed by atoms with Crippen LogP contribution in [0.1, 0.15) is 37.8 Å². The zero-order chi connectivity index (χ0) is 13.0. The van der Waals surface area contributed by atoms with E-state index in [0.717, 1.165) is 17.3 Å². The molecule has 1 heterocycles. The topological polar surface area (TPSA) is 32.3 Å². The smallest absolute Gasteiger partial charge is 0.0431 e. The van der Waals surface area contributed by atoms with Crippen LogP contribution in [0, 0.1) is 0 Å². The Labute approximate surface area is 122 Å². The van der Waals surface area contributed by atoms with Crippen LogP contribution in [0.25, 0.3) is 0 Å². The number of aliphatic hydroxyl groups is 1. The maximum Gasteiger partial charge on any atom is 0.0431 e. The molecule has 1 aromatic carbocycles. The van der Waals surface area contributed by atoms with E-state index >= 15 is 0 Å². The minimum atomic E-state index is 0.286. The van der Waals surface area contributed by atoms with E-state index in [-0.39, 0.29) is 6.61 Å². The average molecular weight is 330 g/mol. The van der Waals surface area contributed by atoms with E-state index < -0.39 is 0 Å². The summed E-state index contributed by atoms with van der Waals surface area (Å²) >= 11 is 5.50. The SMILES string of the molecule is CC(CCCO)NC1CCSc2ccc(Br)cc21. The molecule has 100 valence electrons. The molecule has 4 heteroatoms. The van der Waals surface area contributed by atoms with Crippen molar-refractivity contribution in [2.75, 3.05) is 12.4 Å². The minimum Gasteiger partial charge on any atom is -0.396 e. The second kappa shape index (κ2) is 6.94. The number of nitrogens with one attached hydrogen (secondary N) is 1. The van der Waals surface area contributed by atoms with Crippen LogP contribution in [-0.4, -0.2) is 23.5 Å². The number of benzene rings is 1. The second-order valence-corrected chi connectivity index (χ2v) is 6.86. The molecular formula is C14H20BrNOS. The molecule has 0 radical (unpaired) electrons. The first-order chi connectivity index (χ1) is 8.70. The Hall–Kier alpha value is -0.0300. The van der Waals surface area contributed by atoms with E-state index in [1.807, 2.05) is 11.8 Å². The first-order valence-electron chi connectivity index (χ1n) is 6.50. The standard InChI is InChI=1S/C14H20BrNOS/c1-10(3-2-7-17)16-13-6-8-18-14-5-4-11(15)9-12(13)14/h4-5,9-10,13,16-17H,2-3,6-8H2,1H3. The molecule has 0 aromatic heterocycles. The minimum absolute atomic E-state index is 0.286. The molecule has 2 N–H and O–H groups in total. The fraction of sp³-hybridized carbons (Fsp3) is 0.571. The summed E-state index contributed by atoms with van der Waals surface area (Å²) in [7, 11) is 0. The number of aliphatic hydroxyl groups excluding tert-OH is 1. The van der Waals surface area contributed by atoms with E-state index in [9.17, 15) is 0 Å². The Morgan fingerprint density at radius 1 is 1.56 bits per heavy atom. The highest BCUT2D eigenvalue weighted by atomic mass is 79.9. The molecule has 18 heavy (non-hydrogen) atoms. The molecule has 2 atom stereocenters. The monoisotopic (exact) mass is 329 g/mol. The van der Waals surface area contributed by atoms with Crippen molar-refractivity contribution in [3.8, 4) is 0 Å². The lowest BCUT2D eigenvalue weighted by atomic mass is 10.0. The fourth-order valence-corrected chi connectivity index (χ4v) is 3.85. The van der Waals surface area contributed by atoms with Crippen molar-refractivity contribution in [3.63, 3.8) is 0 Å². The predicted molar refractivity (Wildman–Crippen MR) is 81.1 cm³/mol. The predicted octanol–water partition coefficient (Wildman–Crippen LogP) is 3.74. The normalized spacial score (nSPS) is 20.5. The Balaban J connectivity index is 2.05. The Morgan fingerprint density at radius 2 is 2.39 bits per heavy atom. The second-order valence-electron chi connectivity index (χ2n) is 4.81. The van der Waals surface area contributed by atoms with Crippen molar-refractivity contribution in [2.24, 2.45) is 0 Å². The summed E-state index contributed by atoms with van der Waals surface area (Å²) in [6.45, 7) is 2.49. The van der Waals surface area contributed by atoms with Crippen LogP contribution in [0.15, 0.2) is 27.6 Å². The van der Waals surface area contributed by atoms with Crippen molar-refractivity contribution in [2.45, 2.75) is 43.2 Å². The number of hydrogen-bond acceptors (Lipinski definition) is 3. The summed E-state index contributed by atoms with van der Waals surface area (Å²) in [6.07, 6.45) is 3.09. The van der Waals surface area contributed by atoms with Gasteiger partial charge < -0.3 is 10.4 Å². The average Bonchev–Trinajstić information content (AvgIpc) is 2.37. The van der Waals surface area contributed by atoms with Gasteiger partial charge >= 0.3 is 0 Å². The van der Waals surface area contributed by atoms with E-state index in [2.05, 4.69) is 46.4 Å². The quantitative estimate of drug-likeness (QED) is 0.863. The van der Waals surface area contributed by atoms with Gasteiger partial charge in [-0.2, -0.15) is 0 Å². The van der Waals surface area contributed by atoms with Gasteiger partial charge in [-0.3, -0.25) is 0 Å². The highest BCUT2D eigenvalue weighted by Crippen LogP contribution is 2.37. The molecule has 1 aliphatic heterocycles. The number of rotatable bonds is 5. The number of thioether (sulfide) groups is 1. The van der Waals surface area contributed by atoms with Crippen LogP contribution >= 0.6 is 27.7 Å². The van der Waals surface area contributed by atoms with E-state index in [0.29, 0.717) is 12.1 Å². The van der Waals surface area contributed by atoms with Gasteiger partial charge in [-0.05, 0) is 55.7 Å². The third-order valence-electron chi connectivity index (χ3n) is 3.29. The summed E-state index contributed by atoms with van der Waals surface area (Å²) in [6, 6.07) is 7.46. The van der Waals surface area contributed by atoms with Gasteiger partial charge in [0.2, 0.25) is 0 Å². The lowest BCUT2D eigenvalue weighted by Gasteiger charge is -2.29. The third-order valence-corrected chi connectivity index (χ3v) is 4.91. The largest absolute Gasteiger partial charge is 0.396 e. The fourth-order valence-electron chi connectivity index (χ4n) is 2.36. The molecule has 0 aliphatic carbocycles. The van der Waals surface area contributed by atoms with Crippen molar-refractivity contribution in [1.82, 2.24) is 5.32 Å². The van der Waals surface area contributed by atoms with Crippen LogP contribution in [0.2, 0.25) is 0 Å². The Bertz CT molecular complexity index is 399. The molecule has 0 amide bonds. The van der Waals surface area contributed by atoms with E-state index in [1.165, 1.54) is 22.6 Å². The molecule has 0 bridgehead atoms. The van der Waals surface area contributed by atoms with Gasteiger partial charge in [0.15, 0.2) is 0 Å². The van der Waals surface area contributed by atoms with Gasteiger partial charge in [0.05, 0.1) is 0 Å². The molecule has 0 saturated heterocycles. The van der Waals surface area contributed by atoms with Crippen molar-refractivity contribution in [3.05, 3.63) is 28.2 Å². The van der Waals surface area contributed by atoms with Gasteiger partial charge in [0.25, 0.3) is 0 Å². The maximum atomic E-state index is 8.88. The molecular weight excluding hydrogens is 310 g/mol. The lowest BCUT2D eigenvalue weighted by molar-refractivity contribution is 0.273. The third kappa shape index (κ3) is 3.73. The molecule has 2 rings (SSSR count). The highest BCUT2D eigenvalue weighted by molar-refractivity contribution is 9.10. The van der Waals surface area contributed by atoms with Crippen LogP contribution in [0.4, 0.5) is 0 Å². The van der Waals surface area contributed by atoms with Crippen LogP contribution in [0.3, 0.4) is 0 Å². The highest BCUT2D eigenvalue weighted by Gasteiger charge is 2.21. The van der Waals surface area contributed by atoms with Crippen molar-refractivity contribution < 1.29 is 5.11 Å². The van der Waals surface area contributed by atoms with Gasteiger partial charge in [-0.15, -0.1) is 11.8 Å². The van der Waals surface area contributed by atoms with Crippen LogP contribution < -0.4 is 5.32 Å².